The van der Waals surface area contributed by atoms with Crippen LogP contribution in [-0.4, -0.2) is 16.5 Å². The number of hydrogen-bond acceptors (Lipinski definition) is 2. The van der Waals surface area contributed by atoms with E-state index >= 15 is 0 Å². The van der Waals surface area contributed by atoms with Crippen molar-refractivity contribution in [2.24, 2.45) is 28.6 Å². The number of carbonyl (C=O) groups excluding carboxylic acids is 1. The Morgan fingerprint density at radius 1 is 1.14 bits per heavy atom. The molecule has 2 heteroatoms. The van der Waals surface area contributed by atoms with Crippen LogP contribution in [0.15, 0.2) is 23.8 Å². The summed E-state index contributed by atoms with van der Waals surface area (Å²) in [5, 5.41) is 10.9. The van der Waals surface area contributed by atoms with Crippen molar-refractivity contribution < 1.29 is 9.90 Å². The van der Waals surface area contributed by atoms with Crippen LogP contribution in [0, 0.1) is 28.6 Å². The number of ketones is 1. The number of hydrogen-bond donors (Lipinski definition) is 1. The van der Waals surface area contributed by atoms with E-state index in [2.05, 4.69) is 32.9 Å². The molecule has 0 aromatic rings. The molecule has 0 aromatic heterocycles. The van der Waals surface area contributed by atoms with Crippen molar-refractivity contribution in [3.63, 3.8) is 0 Å². The molecule has 0 heterocycles. The predicted octanol–water partition coefficient (Wildman–Crippen LogP) is 4.05. The maximum atomic E-state index is 11.8. The topological polar surface area (TPSA) is 37.3 Å². The second-order valence-corrected chi connectivity index (χ2v) is 8.87. The molecule has 2 saturated carbocycles. The minimum absolute atomic E-state index is 0.0735. The lowest BCUT2D eigenvalue weighted by Crippen LogP contribution is -2.53. The number of aliphatic hydroxyl groups is 1. The van der Waals surface area contributed by atoms with Gasteiger partial charge in [-0.3, -0.25) is 4.79 Å². The highest BCUT2D eigenvalue weighted by Crippen LogP contribution is 2.66. The van der Waals surface area contributed by atoms with Gasteiger partial charge in [0.05, 0.1) is 5.60 Å². The summed E-state index contributed by atoms with van der Waals surface area (Å²) in [6.07, 6.45) is 12.5. The zero-order chi connectivity index (χ0) is 15.8. The third-order valence-electron chi connectivity index (χ3n) is 8.08. The molecule has 2 fully saturated rings. The number of fused-ring (bicyclic) bond motifs is 5. The molecule has 0 spiro atoms. The fourth-order valence-corrected chi connectivity index (χ4v) is 6.35. The number of carbonyl (C=O) groups is 1. The van der Waals surface area contributed by atoms with Crippen molar-refractivity contribution in [3.05, 3.63) is 23.8 Å². The van der Waals surface area contributed by atoms with Crippen LogP contribution in [-0.2, 0) is 4.79 Å². The van der Waals surface area contributed by atoms with E-state index in [9.17, 15) is 9.90 Å². The molecule has 6 atom stereocenters. The monoisotopic (exact) mass is 300 g/mol. The molecule has 1 N–H and O–H groups in total. The largest absolute Gasteiger partial charge is 0.390 e. The Morgan fingerprint density at radius 3 is 2.64 bits per heavy atom. The van der Waals surface area contributed by atoms with Crippen LogP contribution in [0.4, 0.5) is 0 Å². The van der Waals surface area contributed by atoms with Crippen LogP contribution >= 0.6 is 0 Å². The first-order valence-electron chi connectivity index (χ1n) is 8.92. The van der Waals surface area contributed by atoms with Crippen molar-refractivity contribution in [2.75, 3.05) is 0 Å². The first-order valence-corrected chi connectivity index (χ1v) is 8.92. The molecule has 4 rings (SSSR count). The van der Waals surface area contributed by atoms with E-state index in [-0.39, 0.29) is 16.6 Å². The van der Waals surface area contributed by atoms with Crippen LogP contribution < -0.4 is 0 Å². The van der Waals surface area contributed by atoms with Crippen LogP contribution in [0.3, 0.4) is 0 Å². The summed E-state index contributed by atoms with van der Waals surface area (Å²) in [5.41, 5.74) is 0.998. The summed E-state index contributed by atoms with van der Waals surface area (Å²) >= 11 is 0. The van der Waals surface area contributed by atoms with Crippen LogP contribution in [0.5, 0.6) is 0 Å². The van der Waals surface area contributed by atoms with Gasteiger partial charge in [0.15, 0.2) is 5.78 Å². The molecular formula is C20H28O2. The van der Waals surface area contributed by atoms with Gasteiger partial charge in [0.1, 0.15) is 0 Å². The Morgan fingerprint density at radius 2 is 1.86 bits per heavy atom. The zero-order valence-corrected chi connectivity index (χ0v) is 14.1. The van der Waals surface area contributed by atoms with Gasteiger partial charge in [0.25, 0.3) is 0 Å². The molecule has 2 nitrogen and oxygen atoms in total. The Kier molecular flexibility index (Phi) is 2.90. The summed E-state index contributed by atoms with van der Waals surface area (Å²) in [5.74, 6) is 2.19. The third kappa shape index (κ3) is 1.68. The van der Waals surface area contributed by atoms with Gasteiger partial charge in [0.2, 0.25) is 0 Å². The molecule has 0 amide bonds. The van der Waals surface area contributed by atoms with Crippen molar-refractivity contribution in [3.8, 4) is 0 Å². The van der Waals surface area contributed by atoms with Crippen molar-refractivity contribution in [1.82, 2.24) is 0 Å². The standard InChI is InChI=1S/C20H28O2/c1-18-9-6-14(21)12-13(18)4-5-15-16(18)7-10-19(2)17(15)8-11-20(19,3)22/h4,6,9,15-17,22H,5,7-8,10-12H2,1-3H3/t15-,16-,17+,18+,19+,20?/m1/s1. The molecule has 0 aromatic carbocycles. The minimum Gasteiger partial charge on any atom is -0.390 e. The molecule has 1 unspecified atom stereocenters. The molecule has 0 saturated heterocycles. The van der Waals surface area contributed by atoms with Crippen molar-refractivity contribution in [2.45, 2.75) is 64.9 Å². The molecule has 0 aliphatic heterocycles. The first-order chi connectivity index (χ1) is 10.3. The predicted molar refractivity (Wildman–Crippen MR) is 87.2 cm³/mol. The normalized spacial score (nSPS) is 53.5. The maximum Gasteiger partial charge on any atom is 0.159 e. The lowest BCUT2D eigenvalue weighted by Gasteiger charge is -2.57. The molecule has 4 aliphatic rings. The number of rotatable bonds is 0. The third-order valence-corrected chi connectivity index (χ3v) is 8.08. The minimum atomic E-state index is -0.508. The van der Waals surface area contributed by atoms with Gasteiger partial charge in [-0.2, -0.15) is 0 Å². The van der Waals surface area contributed by atoms with E-state index in [0.717, 1.165) is 25.7 Å². The smallest absolute Gasteiger partial charge is 0.159 e. The highest BCUT2D eigenvalue weighted by atomic mass is 16.3. The molecular weight excluding hydrogens is 272 g/mol. The van der Waals surface area contributed by atoms with Gasteiger partial charge in [-0.15, -0.1) is 0 Å². The summed E-state index contributed by atoms with van der Waals surface area (Å²) < 4.78 is 0. The molecule has 120 valence electrons. The Bertz CT molecular complexity index is 585. The highest BCUT2D eigenvalue weighted by molar-refractivity contribution is 5.93. The van der Waals surface area contributed by atoms with Crippen LogP contribution in [0.1, 0.15) is 59.3 Å². The number of allylic oxidation sites excluding steroid dienone is 4. The van der Waals surface area contributed by atoms with E-state index in [4.69, 9.17) is 0 Å². The highest BCUT2D eigenvalue weighted by Gasteiger charge is 2.61. The van der Waals surface area contributed by atoms with Gasteiger partial charge >= 0.3 is 0 Å². The molecule has 22 heavy (non-hydrogen) atoms. The van der Waals surface area contributed by atoms with Crippen LogP contribution in [0.25, 0.3) is 0 Å². The van der Waals surface area contributed by atoms with Gasteiger partial charge in [-0.05, 0) is 68.3 Å². The average molecular weight is 300 g/mol. The first kappa shape index (κ1) is 14.7. The Labute approximate surface area is 133 Å². The summed E-state index contributed by atoms with van der Waals surface area (Å²) in [6.45, 7) is 6.72. The van der Waals surface area contributed by atoms with Gasteiger partial charge in [-0.25, -0.2) is 0 Å². The summed E-state index contributed by atoms with van der Waals surface area (Å²) in [4.78, 5) is 11.8. The second-order valence-electron chi connectivity index (χ2n) is 8.87. The fraction of sp³-hybridized carbons (Fsp3) is 0.750. The van der Waals surface area contributed by atoms with E-state index in [1.54, 1.807) is 0 Å². The van der Waals surface area contributed by atoms with Crippen LogP contribution in [0.2, 0.25) is 0 Å². The van der Waals surface area contributed by atoms with Gasteiger partial charge < -0.3 is 5.11 Å². The van der Waals surface area contributed by atoms with E-state index < -0.39 is 5.60 Å². The molecule has 0 bridgehead atoms. The lowest BCUT2D eigenvalue weighted by atomic mass is 9.48. The van der Waals surface area contributed by atoms with E-state index in [1.807, 2.05) is 6.08 Å². The van der Waals surface area contributed by atoms with E-state index in [0.29, 0.717) is 24.2 Å². The molecule has 4 aliphatic carbocycles. The Balaban J connectivity index is 1.73. The SMILES string of the molecule is CC1(O)CC[C@H]2[C@@H]3CC=C4CC(=O)C=C[C@]4(C)[C@@H]3CC[C@@]21C. The maximum absolute atomic E-state index is 11.8. The average Bonchev–Trinajstić information content (AvgIpc) is 2.70. The quantitative estimate of drug-likeness (QED) is 0.685. The molecule has 0 radical (unpaired) electrons. The van der Waals surface area contributed by atoms with Crippen molar-refractivity contribution >= 4 is 5.78 Å². The summed E-state index contributed by atoms with van der Waals surface area (Å²) in [6, 6.07) is 0. The zero-order valence-electron chi connectivity index (χ0n) is 14.1. The van der Waals surface area contributed by atoms with Gasteiger partial charge in [0, 0.05) is 11.8 Å². The summed E-state index contributed by atoms with van der Waals surface area (Å²) in [7, 11) is 0. The van der Waals surface area contributed by atoms with Crippen molar-refractivity contribution in [1.29, 1.82) is 0 Å². The fourth-order valence-electron chi connectivity index (χ4n) is 6.35. The van der Waals surface area contributed by atoms with E-state index in [1.165, 1.54) is 12.0 Å². The lowest BCUT2D eigenvalue weighted by molar-refractivity contribution is -0.116. The second kappa shape index (κ2) is 4.35. The van der Waals surface area contributed by atoms with Gasteiger partial charge in [-0.1, -0.05) is 31.6 Å². The Hall–Kier alpha value is -0.890.